The van der Waals surface area contributed by atoms with Crippen molar-refractivity contribution in [2.45, 2.75) is 39.8 Å². The summed E-state index contributed by atoms with van der Waals surface area (Å²) in [4.78, 5) is 27.5. The summed E-state index contributed by atoms with van der Waals surface area (Å²) < 4.78 is 27.1. The Morgan fingerprint density at radius 3 is 2.35 bits per heavy atom. The highest BCUT2D eigenvalue weighted by Crippen LogP contribution is 2.26. The Morgan fingerprint density at radius 1 is 1.12 bits per heavy atom. The standard InChI is InChI=1S/C23H28BrCl2N3O4S/c1-5-10-27-23(31)16(3)28(13-17-6-9-20(25)21(26)12-17)22(30)14-29(34(4,32)33)18-7-8-19(24)15(2)11-18/h6-9,11-12,16H,5,10,13-14H2,1-4H3,(H,27,31). The second kappa shape index (κ2) is 12.2. The summed E-state index contributed by atoms with van der Waals surface area (Å²) in [6.07, 6.45) is 1.78. The van der Waals surface area contributed by atoms with Crippen LogP contribution in [-0.2, 0) is 26.2 Å². The molecular weight excluding hydrogens is 565 g/mol. The van der Waals surface area contributed by atoms with E-state index in [0.717, 1.165) is 27.0 Å². The zero-order valence-electron chi connectivity index (χ0n) is 19.4. The first-order chi connectivity index (χ1) is 15.8. The zero-order chi connectivity index (χ0) is 25.6. The quantitative estimate of drug-likeness (QED) is 0.430. The van der Waals surface area contributed by atoms with Gasteiger partial charge >= 0.3 is 0 Å². The maximum absolute atomic E-state index is 13.5. The molecule has 0 aliphatic heterocycles. The van der Waals surface area contributed by atoms with Gasteiger partial charge in [0.2, 0.25) is 21.8 Å². The summed E-state index contributed by atoms with van der Waals surface area (Å²) in [5, 5.41) is 3.47. The first-order valence-electron chi connectivity index (χ1n) is 10.6. The molecule has 1 N–H and O–H groups in total. The van der Waals surface area contributed by atoms with E-state index < -0.39 is 28.5 Å². The van der Waals surface area contributed by atoms with Gasteiger partial charge in [-0.15, -0.1) is 0 Å². The largest absolute Gasteiger partial charge is 0.354 e. The molecule has 2 aromatic rings. The normalized spacial score (nSPS) is 12.2. The third-order valence-corrected chi connectivity index (χ3v) is 7.93. The van der Waals surface area contributed by atoms with E-state index in [9.17, 15) is 18.0 Å². The average molecular weight is 593 g/mol. The van der Waals surface area contributed by atoms with Gasteiger partial charge in [-0.2, -0.15) is 0 Å². The van der Waals surface area contributed by atoms with Gasteiger partial charge in [-0.1, -0.05) is 52.1 Å². The molecule has 0 saturated heterocycles. The van der Waals surface area contributed by atoms with Crippen LogP contribution in [0.1, 0.15) is 31.4 Å². The molecule has 34 heavy (non-hydrogen) atoms. The fourth-order valence-electron chi connectivity index (χ4n) is 3.21. The van der Waals surface area contributed by atoms with Crippen molar-refractivity contribution < 1.29 is 18.0 Å². The fourth-order valence-corrected chi connectivity index (χ4v) is 4.62. The molecule has 0 saturated carbocycles. The molecule has 11 heteroatoms. The fraction of sp³-hybridized carbons (Fsp3) is 0.391. The van der Waals surface area contributed by atoms with Gasteiger partial charge in [-0.3, -0.25) is 13.9 Å². The molecule has 0 bridgehead atoms. The smallest absolute Gasteiger partial charge is 0.244 e. The SMILES string of the molecule is CCCNC(=O)C(C)N(Cc1ccc(Cl)c(Cl)c1)C(=O)CN(c1ccc(Br)c(C)c1)S(C)(=O)=O. The van der Waals surface area contributed by atoms with Gasteiger partial charge in [0.15, 0.2) is 0 Å². The number of halogens is 3. The number of anilines is 1. The van der Waals surface area contributed by atoms with E-state index in [0.29, 0.717) is 27.8 Å². The lowest BCUT2D eigenvalue weighted by Gasteiger charge is -2.31. The summed E-state index contributed by atoms with van der Waals surface area (Å²) >= 11 is 15.5. The van der Waals surface area contributed by atoms with Crippen LogP contribution in [0.3, 0.4) is 0 Å². The molecule has 2 amide bonds. The topological polar surface area (TPSA) is 86.8 Å². The molecule has 7 nitrogen and oxygen atoms in total. The Kier molecular flexibility index (Phi) is 10.2. The number of amides is 2. The maximum atomic E-state index is 13.5. The van der Waals surface area contributed by atoms with Gasteiger partial charge in [-0.05, 0) is 61.7 Å². The van der Waals surface area contributed by atoms with Gasteiger partial charge in [-0.25, -0.2) is 8.42 Å². The first-order valence-corrected chi connectivity index (χ1v) is 14.0. The Hall–Kier alpha value is -1.81. The molecule has 0 aromatic heterocycles. The molecule has 0 aliphatic rings. The number of hydrogen-bond donors (Lipinski definition) is 1. The van der Waals surface area contributed by atoms with E-state index in [4.69, 9.17) is 23.2 Å². The van der Waals surface area contributed by atoms with Crippen LogP contribution >= 0.6 is 39.1 Å². The van der Waals surface area contributed by atoms with E-state index in [1.54, 1.807) is 43.3 Å². The van der Waals surface area contributed by atoms with E-state index in [1.165, 1.54) is 4.90 Å². The van der Waals surface area contributed by atoms with Gasteiger partial charge in [0.25, 0.3) is 0 Å². The van der Waals surface area contributed by atoms with Gasteiger partial charge in [0.1, 0.15) is 12.6 Å². The molecule has 0 fully saturated rings. The van der Waals surface area contributed by atoms with E-state index in [1.807, 2.05) is 13.8 Å². The zero-order valence-corrected chi connectivity index (χ0v) is 23.4. The molecule has 0 heterocycles. The van der Waals surface area contributed by atoms with Crippen LogP contribution in [-0.4, -0.2) is 50.5 Å². The Labute approximate surface area is 219 Å². The molecule has 0 spiro atoms. The highest BCUT2D eigenvalue weighted by molar-refractivity contribution is 9.10. The first kappa shape index (κ1) is 28.4. The van der Waals surface area contributed by atoms with Crippen molar-refractivity contribution in [1.29, 1.82) is 0 Å². The third kappa shape index (κ3) is 7.60. The summed E-state index contributed by atoms with van der Waals surface area (Å²) in [7, 11) is -3.79. The molecule has 2 rings (SSSR count). The average Bonchev–Trinajstić information content (AvgIpc) is 2.77. The highest BCUT2D eigenvalue weighted by atomic mass is 79.9. The Morgan fingerprint density at radius 2 is 1.79 bits per heavy atom. The van der Waals surface area contributed by atoms with E-state index >= 15 is 0 Å². The Balaban J connectivity index is 2.41. The van der Waals surface area contributed by atoms with E-state index in [2.05, 4.69) is 21.2 Å². The second-order valence-electron chi connectivity index (χ2n) is 7.94. The Bertz CT molecular complexity index is 1160. The number of carbonyl (C=O) groups excluding carboxylic acids is 2. The predicted octanol–water partition coefficient (Wildman–Crippen LogP) is 4.77. The molecule has 0 radical (unpaired) electrons. The van der Waals surface area contributed by atoms with E-state index in [-0.39, 0.29) is 12.5 Å². The van der Waals surface area contributed by atoms with Gasteiger partial charge < -0.3 is 10.2 Å². The number of nitrogens with zero attached hydrogens (tertiary/aromatic N) is 2. The lowest BCUT2D eigenvalue weighted by Crippen LogP contribution is -2.51. The van der Waals surface area contributed by atoms with Crippen molar-refractivity contribution >= 4 is 66.7 Å². The number of carbonyl (C=O) groups is 2. The van der Waals surface area contributed by atoms with Crippen molar-refractivity contribution in [2.75, 3.05) is 23.7 Å². The number of hydrogen-bond acceptors (Lipinski definition) is 4. The monoisotopic (exact) mass is 591 g/mol. The molecule has 186 valence electrons. The molecular formula is C23H28BrCl2N3O4S. The van der Waals surface area contributed by atoms with Crippen molar-refractivity contribution in [3.8, 4) is 0 Å². The molecule has 2 aromatic carbocycles. The second-order valence-corrected chi connectivity index (χ2v) is 11.5. The number of aryl methyl sites for hydroxylation is 1. The minimum atomic E-state index is -3.79. The maximum Gasteiger partial charge on any atom is 0.244 e. The summed E-state index contributed by atoms with van der Waals surface area (Å²) in [6.45, 7) is 5.40. The predicted molar refractivity (Wildman–Crippen MR) is 141 cm³/mol. The third-order valence-electron chi connectivity index (χ3n) is 5.16. The molecule has 0 aliphatic carbocycles. The minimum absolute atomic E-state index is 0.0490. The lowest BCUT2D eigenvalue weighted by atomic mass is 10.1. The van der Waals surface area contributed by atoms with Crippen LogP contribution in [0.2, 0.25) is 10.0 Å². The molecule has 1 atom stereocenters. The number of benzene rings is 2. The van der Waals surface area contributed by atoms with Gasteiger partial charge in [0, 0.05) is 17.6 Å². The van der Waals surface area contributed by atoms with Crippen molar-refractivity contribution in [1.82, 2.24) is 10.2 Å². The van der Waals surface area contributed by atoms with Crippen molar-refractivity contribution in [3.05, 3.63) is 62.0 Å². The van der Waals surface area contributed by atoms with Crippen molar-refractivity contribution in [3.63, 3.8) is 0 Å². The summed E-state index contributed by atoms with van der Waals surface area (Å²) in [6, 6.07) is 9.11. The van der Waals surface area contributed by atoms with Crippen molar-refractivity contribution in [2.24, 2.45) is 0 Å². The summed E-state index contributed by atoms with van der Waals surface area (Å²) in [5.41, 5.74) is 1.83. The number of nitrogens with one attached hydrogen (secondary N) is 1. The summed E-state index contributed by atoms with van der Waals surface area (Å²) in [5.74, 6) is -0.864. The number of sulfonamides is 1. The van der Waals surface area contributed by atoms with Crippen LogP contribution < -0.4 is 9.62 Å². The highest BCUT2D eigenvalue weighted by Gasteiger charge is 2.30. The van der Waals surface area contributed by atoms with Crippen LogP contribution in [0.4, 0.5) is 5.69 Å². The number of rotatable bonds is 10. The van der Waals surface area contributed by atoms with Crippen LogP contribution in [0.5, 0.6) is 0 Å². The minimum Gasteiger partial charge on any atom is -0.354 e. The van der Waals surface area contributed by atoms with Crippen LogP contribution in [0.15, 0.2) is 40.9 Å². The van der Waals surface area contributed by atoms with Gasteiger partial charge in [0.05, 0.1) is 22.0 Å². The molecule has 1 unspecified atom stereocenters. The van der Waals surface area contributed by atoms with Crippen LogP contribution in [0, 0.1) is 6.92 Å². The lowest BCUT2D eigenvalue weighted by molar-refractivity contribution is -0.139. The van der Waals surface area contributed by atoms with Crippen LogP contribution in [0.25, 0.3) is 0 Å².